The van der Waals surface area contributed by atoms with Crippen LogP contribution >= 0.6 is 0 Å². The molecule has 0 saturated carbocycles. The highest BCUT2D eigenvalue weighted by Crippen LogP contribution is 1.78. The highest BCUT2D eigenvalue weighted by molar-refractivity contribution is 5.72. The quantitative estimate of drug-likeness (QED) is 0.716. The second-order valence-corrected chi connectivity index (χ2v) is 2.71. The number of Topliss-reactive ketones (excluding diaryl/α,β-unsaturated/α-hetero) is 1. The van der Waals surface area contributed by atoms with Crippen LogP contribution in [0.15, 0.2) is 0 Å². The molecule has 0 aromatic heterocycles. The zero-order chi connectivity index (χ0) is 11.1. The van der Waals surface area contributed by atoms with E-state index in [0.717, 1.165) is 19.3 Å². The fourth-order valence-electron chi connectivity index (χ4n) is 0.158. The Kier molecular flexibility index (Phi) is 31.9. The van der Waals surface area contributed by atoms with Gasteiger partial charge < -0.3 is 15.0 Å². The number of hydrogen-bond donors (Lipinski definition) is 2. The van der Waals surface area contributed by atoms with Crippen molar-refractivity contribution in [1.82, 2.24) is 0 Å². The van der Waals surface area contributed by atoms with Gasteiger partial charge in [-0.2, -0.15) is 0 Å². The molecule has 3 nitrogen and oxygen atoms in total. The zero-order valence-electron chi connectivity index (χ0n) is 9.34. The third kappa shape index (κ3) is 159. The first-order chi connectivity index (χ1) is 6.06. The summed E-state index contributed by atoms with van der Waals surface area (Å²) in [7, 11) is 0. The lowest BCUT2D eigenvalue weighted by Gasteiger charge is -1.79. The molecule has 0 heterocycles. The van der Waals surface area contributed by atoms with Crippen LogP contribution < -0.4 is 0 Å². The highest BCUT2D eigenvalue weighted by Gasteiger charge is 1.69. The Morgan fingerprint density at radius 3 is 1.31 bits per heavy atom. The Morgan fingerprint density at radius 2 is 1.31 bits per heavy atom. The third-order valence-corrected chi connectivity index (χ3v) is 0.735. The van der Waals surface area contributed by atoms with Gasteiger partial charge in [0.1, 0.15) is 5.78 Å². The monoisotopic (exact) mass is 192 g/mol. The summed E-state index contributed by atoms with van der Waals surface area (Å²) in [4.78, 5) is 9.44. The molecule has 13 heavy (non-hydrogen) atoms. The Bertz CT molecular complexity index is 74.2. The Hall–Kier alpha value is -0.410. The molecule has 0 aliphatic heterocycles. The lowest BCUT2D eigenvalue weighted by atomic mass is 10.4. The van der Waals surface area contributed by atoms with Crippen molar-refractivity contribution in [2.75, 3.05) is 13.2 Å². The zero-order valence-corrected chi connectivity index (χ0v) is 9.34. The topological polar surface area (TPSA) is 57.5 Å². The number of aliphatic hydroxyl groups is 2. The summed E-state index contributed by atoms with van der Waals surface area (Å²) in [6, 6.07) is 0. The fourth-order valence-corrected chi connectivity index (χ4v) is 0.158. The van der Waals surface area contributed by atoms with E-state index in [2.05, 4.69) is 6.92 Å². The first-order valence-electron chi connectivity index (χ1n) is 4.75. The molecular formula is C10H24O3. The van der Waals surface area contributed by atoms with E-state index in [0.29, 0.717) is 13.2 Å². The van der Waals surface area contributed by atoms with E-state index in [1.165, 1.54) is 13.8 Å². The minimum Gasteiger partial charge on any atom is -0.396 e. The van der Waals surface area contributed by atoms with Crippen molar-refractivity contribution in [3.05, 3.63) is 0 Å². The van der Waals surface area contributed by atoms with Crippen LogP contribution in [0.3, 0.4) is 0 Å². The molecule has 0 radical (unpaired) electrons. The van der Waals surface area contributed by atoms with Gasteiger partial charge in [0.05, 0.1) is 0 Å². The second kappa shape index (κ2) is 22.6. The van der Waals surface area contributed by atoms with E-state index >= 15 is 0 Å². The van der Waals surface area contributed by atoms with Gasteiger partial charge in [-0.1, -0.05) is 20.3 Å². The van der Waals surface area contributed by atoms with Gasteiger partial charge in [-0.25, -0.2) is 0 Å². The minimum atomic E-state index is 0.167. The summed E-state index contributed by atoms with van der Waals surface area (Å²) in [5.74, 6) is 0.167. The molecule has 0 bridgehead atoms. The maximum Gasteiger partial charge on any atom is 0.126 e. The van der Waals surface area contributed by atoms with Crippen molar-refractivity contribution < 1.29 is 15.0 Å². The number of carbonyl (C=O) groups excluding carboxylic acids is 1. The van der Waals surface area contributed by atoms with Crippen LogP contribution in [0.25, 0.3) is 0 Å². The van der Waals surface area contributed by atoms with Crippen molar-refractivity contribution in [1.29, 1.82) is 0 Å². The van der Waals surface area contributed by atoms with E-state index in [1.807, 2.05) is 6.92 Å². The van der Waals surface area contributed by atoms with Crippen molar-refractivity contribution in [3.8, 4) is 0 Å². The molecule has 0 rings (SSSR count). The maximum absolute atomic E-state index is 9.44. The van der Waals surface area contributed by atoms with Gasteiger partial charge in [0, 0.05) is 13.2 Å². The second-order valence-electron chi connectivity index (χ2n) is 2.71. The lowest BCUT2D eigenvalue weighted by molar-refractivity contribution is -0.114. The van der Waals surface area contributed by atoms with Crippen molar-refractivity contribution in [2.45, 2.75) is 47.0 Å². The summed E-state index contributed by atoms with van der Waals surface area (Å²) in [6.07, 6.45) is 2.91. The van der Waals surface area contributed by atoms with Crippen LogP contribution in [0.1, 0.15) is 47.0 Å². The van der Waals surface area contributed by atoms with E-state index in [9.17, 15) is 4.79 Å². The molecule has 0 amide bonds. The van der Waals surface area contributed by atoms with Crippen LogP contribution in [0.5, 0.6) is 0 Å². The Morgan fingerprint density at radius 1 is 1.00 bits per heavy atom. The van der Waals surface area contributed by atoms with Gasteiger partial charge in [0.2, 0.25) is 0 Å². The van der Waals surface area contributed by atoms with Crippen molar-refractivity contribution in [3.63, 3.8) is 0 Å². The van der Waals surface area contributed by atoms with Crippen LogP contribution in [-0.2, 0) is 4.79 Å². The maximum atomic E-state index is 9.44. The van der Waals surface area contributed by atoms with E-state index in [1.54, 1.807) is 0 Å². The van der Waals surface area contributed by atoms with Gasteiger partial charge in [0.25, 0.3) is 0 Å². The number of ketones is 1. The molecule has 0 aromatic rings. The van der Waals surface area contributed by atoms with Crippen molar-refractivity contribution >= 4 is 5.78 Å². The standard InChI is InChI=1S/C4H10O.C3H6O.C3H8O/c1-2-3-4-5;1-3(2)4;1-2-3-4/h5H,2-4H2,1H3;1-2H3;4H,2-3H2,1H3. The van der Waals surface area contributed by atoms with Gasteiger partial charge in [-0.3, -0.25) is 0 Å². The van der Waals surface area contributed by atoms with Crippen LogP contribution in [0, 0.1) is 0 Å². The number of aliphatic hydroxyl groups excluding tert-OH is 2. The molecule has 0 aromatic carbocycles. The Labute approximate surface area is 81.8 Å². The molecule has 0 spiro atoms. The van der Waals surface area contributed by atoms with Gasteiger partial charge in [-0.05, 0) is 26.7 Å². The van der Waals surface area contributed by atoms with E-state index < -0.39 is 0 Å². The third-order valence-electron chi connectivity index (χ3n) is 0.735. The molecule has 0 aliphatic carbocycles. The number of hydrogen-bond acceptors (Lipinski definition) is 3. The number of carbonyl (C=O) groups is 1. The van der Waals surface area contributed by atoms with Crippen LogP contribution in [-0.4, -0.2) is 29.2 Å². The van der Waals surface area contributed by atoms with Gasteiger partial charge in [0.15, 0.2) is 0 Å². The molecule has 0 aliphatic rings. The summed E-state index contributed by atoms with van der Waals surface area (Å²) >= 11 is 0. The van der Waals surface area contributed by atoms with Crippen LogP contribution in [0.4, 0.5) is 0 Å². The highest BCUT2D eigenvalue weighted by atomic mass is 16.3. The fraction of sp³-hybridized carbons (Fsp3) is 0.900. The predicted octanol–water partition coefficient (Wildman–Crippen LogP) is 1.76. The predicted molar refractivity (Wildman–Crippen MR) is 55.7 cm³/mol. The van der Waals surface area contributed by atoms with Crippen LogP contribution in [0.2, 0.25) is 0 Å². The molecular weight excluding hydrogens is 168 g/mol. The first kappa shape index (κ1) is 18.4. The summed E-state index contributed by atoms with van der Waals surface area (Å²) in [6.45, 7) is 7.70. The average Bonchev–Trinajstić information content (AvgIpc) is 2.05. The lowest BCUT2D eigenvalue weighted by Crippen LogP contribution is -1.75. The molecule has 82 valence electrons. The molecule has 0 unspecified atom stereocenters. The molecule has 0 atom stereocenters. The summed E-state index contributed by atoms with van der Waals surface area (Å²) < 4.78 is 0. The SMILES string of the molecule is CC(C)=O.CCCCO.CCCO. The van der Waals surface area contributed by atoms with Crippen molar-refractivity contribution in [2.24, 2.45) is 0 Å². The molecule has 2 N–H and O–H groups in total. The minimum absolute atomic E-state index is 0.167. The normalized spacial score (nSPS) is 7.54. The Balaban J connectivity index is -0.000000117. The molecule has 3 heteroatoms. The number of rotatable bonds is 3. The average molecular weight is 192 g/mol. The molecule has 0 saturated heterocycles. The van der Waals surface area contributed by atoms with Gasteiger partial charge >= 0.3 is 0 Å². The van der Waals surface area contributed by atoms with E-state index in [4.69, 9.17) is 10.2 Å². The smallest absolute Gasteiger partial charge is 0.126 e. The van der Waals surface area contributed by atoms with E-state index in [-0.39, 0.29) is 5.78 Å². The van der Waals surface area contributed by atoms with Gasteiger partial charge in [-0.15, -0.1) is 0 Å². The summed E-state index contributed by atoms with van der Waals surface area (Å²) in [5.41, 5.74) is 0. The number of unbranched alkanes of at least 4 members (excludes halogenated alkanes) is 1. The summed E-state index contributed by atoms with van der Waals surface area (Å²) in [5, 5.41) is 15.9. The largest absolute Gasteiger partial charge is 0.396 e. The first-order valence-corrected chi connectivity index (χ1v) is 4.75. The molecule has 0 fully saturated rings.